The van der Waals surface area contributed by atoms with Gasteiger partial charge in [0.25, 0.3) is 5.91 Å². The lowest BCUT2D eigenvalue weighted by Crippen LogP contribution is -2.41. The predicted octanol–water partition coefficient (Wildman–Crippen LogP) is 0.931. The van der Waals surface area contributed by atoms with Gasteiger partial charge in [-0.2, -0.15) is 0 Å². The van der Waals surface area contributed by atoms with E-state index in [2.05, 4.69) is 10.2 Å². The van der Waals surface area contributed by atoms with E-state index in [1.54, 1.807) is 19.2 Å². The van der Waals surface area contributed by atoms with Crippen LogP contribution in [0.4, 0.5) is 0 Å². The Kier molecular flexibility index (Phi) is 6.15. The minimum absolute atomic E-state index is 0.160. The van der Waals surface area contributed by atoms with Crippen LogP contribution >= 0.6 is 0 Å². The highest BCUT2D eigenvalue weighted by molar-refractivity contribution is 7.90. The molecule has 1 fully saturated rings. The summed E-state index contributed by atoms with van der Waals surface area (Å²) in [7, 11) is -1.63. The van der Waals surface area contributed by atoms with Crippen molar-refractivity contribution in [2.45, 2.75) is 23.8 Å². The molecule has 2 rings (SSSR count). The Labute approximate surface area is 137 Å². The van der Waals surface area contributed by atoms with Crippen LogP contribution < -0.4 is 5.32 Å². The minimum Gasteiger partial charge on any atom is -0.383 e. The van der Waals surface area contributed by atoms with Gasteiger partial charge >= 0.3 is 0 Å². The molecule has 0 bridgehead atoms. The summed E-state index contributed by atoms with van der Waals surface area (Å²) in [4.78, 5) is 14.7. The van der Waals surface area contributed by atoms with Crippen molar-refractivity contribution in [2.24, 2.45) is 0 Å². The normalized spacial score (nSPS) is 19.0. The Morgan fingerprint density at radius 3 is 2.91 bits per heavy atom. The van der Waals surface area contributed by atoms with Gasteiger partial charge in [0, 0.05) is 38.1 Å². The number of hydrogen-bond donors (Lipinski definition) is 1. The molecular formula is C16H24N2O4S. The smallest absolute Gasteiger partial charge is 0.251 e. The summed E-state index contributed by atoms with van der Waals surface area (Å²) >= 11 is 0. The van der Waals surface area contributed by atoms with Gasteiger partial charge in [0.05, 0.1) is 11.5 Å². The van der Waals surface area contributed by atoms with Crippen LogP contribution in [-0.4, -0.2) is 64.9 Å². The van der Waals surface area contributed by atoms with Crippen LogP contribution in [0.25, 0.3) is 0 Å². The van der Waals surface area contributed by atoms with Crippen molar-refractivity contribution in [1.82, 2.24) is 10.2 Å². The van der Waals surface area contributed by atoms with Crippen LogP contribution in [0.1, 0.15) is 23.2 Å². The Bertz CT molecular complexity index is 645. The SMILES string of the molecule is COCCN1CCCC1CNC(=O)c1cccc(S(C)(=O)=O)c1. The highest BCUT2D eigenvalue weighted by atomic mass is 32.2. The van der Waals surface area contributed by atoms with Crippen molar-refractivity contribution in [3.8, 4) is 0 Å². The van der Waals surface area contributed by atoms with E-state index in [0.29, 0.717) is 24.8 Å². The predicted molar refractivity (Wildman–Crippen MR) is 88.4 cm³/mol. The number of amides is 1. The van der Waals surface area contributed by atoms with Crippen molar-refractivity contribution in [1.29, 1.82) is 0 Å². The molecule has 0 radical (unpaired) electrons. The molecule has 1 unspecified atom stereocenters. The summed E-state index contributed by atoms with van der Waals surface area (Å²) in [5, 5.41) is 2.91. The van der Waals surface area contributed by atoms with Crippen molar-refractivity contribution in [2.75, 3.05) is 39.6 Å². The molecule has 0 aliphatic carbocycles. The molecule has 1 N–H and O–H groups in total. The van der Waals surface area contributed by atoms with Gasteiger partial charge in [-0.25, -0.2) is 8.42 Å². The first-order chi connectivity index (χ1) is 10.9. The highest BCUT2D eigenvalue weighted by Crippen LogP contribution is 2.16. The number of hydrogen-bond acceptors (Lipinski definition) is 5. The minimum atomic E-state index is -3.31. The number of ether oxygens (including phenoxy) is 1. The molecule has 7 heteroatoms. The molecule has 1 aromatic rings. The third kappa shape index (κ3) is 5.02. The maximum absolute atomic E-state index is 12.3. The molecule has 23 heavy (non-hydrogen) atoms. The molecule has 1 aliphatic rings. The Morgan fingerprint density at radius 2 is 2.22 bits per heavy atom. The summed E-state index contributed by atoms with van der Waals surface area (Å²) < 4.78 is 28.2. The summed E-state index contributed by atoms with van der Waals surface area (Å²) in [6.07, 6.45) is 3.30. The lowest BCUT2D eigenvalue weighted by Gasteiger charge is -2.24. The molecule has 1 heterocycles. The highest BCUT2D eigenvalue weighted by Gasteiger charge is 2.24. The van der Waals surface area contributed by atoms with Crippen LogP contribution in [0, 0.1) is 0 Å². The summed E-state index contributed by atoms with van der Waals surface area (Å²) in [6, 6.07) is 6.44. The zero-order valence-electron chi connectivity index (χ0n) is 13.6. The molecule has 0 spiro atoms. The van der Waals surface area contributed by atoms with Gasteiger partial charge in [0.15, 0.2) is 9.84 Å². The molecule has 1 amide bonds. The second-order valence-corrected chi connectivity index (χ2v) is 7.85. The van der Waals surface area contributed by atoms with E-state index >= 15 is 0 Å². The first-order valence-corrected chi connectivity index (χ1v) is 9.62. The Balaban J connectivity index is 1.94. The lowest BCUT2D eigenvalue weighted by atomic mass is 10.2. The van der Waals surface area contributed by atoms with E-state index in [-0.39, 0.29) is 10.8 Å². The number of benzene rings is 1. The largest absolute Gasteiger partial charge is 0.383 e. The molecule has 1 aliphatic heterocycles. The second-order valence-electron chi connectivity index (χ2n) is 5.83. The Hall–Kier alpha value is -1.44. The summed E-state index contributed by atoms with van der Waals surface area (Å²) in [5.74, 6) is -0.242. The standard InChI is InChI=1S/C16H24N2O4S/c1-22-10-9-18-8-4-6-14(18)12-17-16(19)13-5-3-7-15(11-13)23(2,20)21/h3,5,7,11,14H,4,6,8-10,12H2,1-2H3,(H,17,19). The Morgan fingerprint density at radius 1 is 1.43 bits per heavy atom. The van der Waals surface area contributed by atoms with Crippen LogP contribution in [-0.2, 0) is 14.6 Å². The number of carbonyl (C=O) groups is 1. The number of rotatable bonds is 7. The molecule has 0 saturated carbocycles. The van der Waals surface area contributed by atoms with Gasteiger partial charge in [-0.1, -0.05) is 6.07 Å². The van der Waals surface area contributed by atoms with Gasteiger partial charge in [-0.3, -0.25) is 9.69 Å². The summed E-state index contributed by atoms with van der Waals surface area (Å²) in [6.45, 7) is 3.13. The first kappa shape index (κ1) is 17.9. The molecule has 1 atom stereocenters. The first-order valence-electron chi connectivity index (χ1n) is 7.73. The van der Waals surface area contributed by atoms with Crippen molar-refractivity contribution < 1.29 is 17.9 Å². The molecule has 6 nitrogen and oxygen atoms in total. The average molecular weight is 340 g/mol. The van der Waals surface area contributed by atoms with E-state index in [1.807, 2.05) is 0 Å². The number of likely N-dealkylation sites (tertiary alicyclic amines) is 1. The number of nitrogens with one attached hydrogen (secondary N) is 1. The second kappa shape index (κ2) is 7.90. The van der Waals surface area contributed by atoms with Crippen LogP contribution in [0.5, 0.6) is 0 Å². The maximum Gasteiger partial charge on any atom is 0.251 e. The monoisotopic (exact) mass is 340 g/mol. The number of nitrogens with zero attached hydrogens (tertiary/aromatic N) is 1. The van der Waals surface area contributed by atoms with E-state index in [1.165, 1.54) is 12.1 Å². The van der Waals surface area contributed by atoms with Crippen molar-refractivity contribution in [3.05, 3.63) is 29.8 Å². The van der Waals surface area contributed by atoms with Crippen LogP contribution in [0.2, 0.25) is 0 Å². The van der Waals surface area contributed by atoms with E-state index < -0.39 is 9.84 Å². The molecule has 1 aromatic carbocycles. The van der Waals surface area contributed by atoms with Gasteiger partial charge in [0.1, 0.15) is 0 Å². The topological polar surface area (TPSA) is 75.7 Å². The number of methoxy groups -OCH3 is 1. The molecule has 0 aromatic heterocycles. The van der Waals surface area contributed by atoms with E-state index in [4.69, 9.17) is 4.74 Å². The zero-order valence-corrected chi connectivity index (χ0v) is 14.4. The third-order valence-corrected chi connectivity index (χ3v) is 5.21. The lowest BCUT2D eigenvalue weighted by molar-refractivity contribution is 0.0932. The quantitative estimate of drug-likeness (QED) is 0.799. The fourth-order valence-electron chi connectivity index (χ4n) is 2.81. The molecule has 1 saturated heterocycles. The maximum atomic E-state index is 12.3. The average Bonchev–Trinajstić information content (AvgIpc) is 2.97. The van der Waals surface area contributed by atoms with Gasteiger partial charge in [-0.15, -0.1) is 0 Å². The van der Waals surface area contributed by atoms with Gasteiger partial charge in [0.2, 0.25) is 0 Å². The molecular weight excluding hydrogens is 316 g/mol. The van der Waals surface area contributed by atoms with Crippen LogP contribution in [0.15, 0.2) is 29.2 Å². The molecule has 128 valence electrons. The van der Waals surface area contributed by atoms with Gasteiger partial charge in [-0.05, 0) is 37.6 Å². The van der Waals surface area contributed by atoms with Crippen molar-refractivity contribution in [3.63, 3.8) is 0 Å². The zero-order chi connectivity index (χ0) is 16.9. The van der Waals surface area contributed by atoms with E-state index in [0.717, 1.165) is 32.2 Å². The third-order valence-electron chi connectivity index (χ3n) is 4.10. The van der Waals surface area contributed by atoms with Crippen molar-refractivity contribution >= 4 is 15.7 Å². The fraction of sp³-hybridized carbons (Fsp3) is 0.562. The summed E-state index contributed by atoms with van der Waals surface area (Å²) in [5.41, 5.74) is 0.370. The van der Waals surface area contributed by atoms with Crippen LogP contribution in [0.3, 0.4) is 0 Å². The van der Waals surface area contributed by atoms with Gasteiger partial charge < -0.3 is 10.1 Å². The number of sulfone groups is 1. The van der Waals surface area contributed by atoms with E-state index in [9.17, 15) is 13.2 Å². The number of carbonyl (C=O) groups excluding carboxylic acids is 1. The fourth-order valence-corrected chi connectivity index (χ4v) is 3.48.